The highest BCUT2D eigenvalue weighted by Crippen LogP contribution is 2.34. The Labute approximate surface area is 77.2 Å². The molecule has 0 bridgehead atoms. The van der Waals surface area contributed by atoms with E-state index >= 15 is 0 Å². The smallest absolute Gasteiger partial charge is 0.165 e. The van der Waals surface area contributed by atoms with Crippen LogP contribution in [0.3, 0.4) is 0 Å². The number of fused-ring (bicyclic) bond motifs is 1. The van der Waals surface area contributed by atoms with Gasteiger partial charge in [-0.25, -0.2) is 0 Å². The zero-order valence-corrected chi connectivity index (χ0v) is 7.45. The summed E-state index contributed by atoms with van der Waals surface area (Å²) in [6.07, 6.45) is -0.139. The zero-order valence-electron chi connectivity index (χ0n) is 7.45. The lowest BCUT2D eigenvalue weighted by molar-refractivity contribution is 0.120. The van der Waals surface area contributed by atoms with E-state index in [4.69, 9.17) is 14.2 Å². The summed E-state index contributed by atoms with van der Waals surface area (Å²) in [5, 5.41) is 0. The van der Waals surface area contributed by atoms with Gasteiger partial charge in [-0.3, -0.25) is 0 Å². The lowest BCUT2D eigenvalue weighted by atomic mass is 10.2. The fourth-order valence-electron chi connectivity index (χ4n) is 1.22. The average Bonchev–Trinajstić information content (AvgIpc) is 2.16. The van der Waals surface area contributed by atoms with E-state index in [2.05, 4.69) is 6.92 Å². The molecule has 1 heterocycles. The fraction of sp³-hybridized carbons (Fsp3) is 0.300. The van der Waals surface area contributed by atoms with Gasteiger partial charge in [0.1, 0.15) is 18.5 Å². The molecule has 0 spiro atoms. The van der Waals surface area contributed by atoms with Crippen LogP contribution in [0.15, 0.2) is 18.2 Å². The maximum atomic E-state index is 5.46. The van der Waals surface area contributed by atoms with Crippen molar-refractivity contribution in [2.75, 3.05) is 13.7 Å². The quantitative estimate of drug-likeness (QED) is 0.656. The first-order valence-electron chi connectivity index (χ1n) is 4.10. The summed E-state index contributed by atoms with van der Waals surface area (Å²) in [6.45, 7) is 4.26. The van der Waals surface area contributed by atoms with E-state index in [-0.39, 0.29) is 6.10 Å². The molecule has 1 radical (unpaired) electrons. The van der Waals surface area contributed by atoms with Crippen LogP contribution in [0.25, 0.3) is 0 Å². The van der Waals surface area contributed by atoms with Crippen LogP contribution >= 0.6 is 0 Å². The van der Waals surface area contributed by atoms with E-state index in [1.165, 1.54) is 0 Å². The molecule has 1 aromatic carbocycles. The first-order valence-corrected chi connectivity index (χ1v) is 4.10. The van der Waals surface area contributed by atoms with Gasteiger partial charge >= 0.3 is 0 Å². The largest absolute Gasteiger partial charge is 0.497 e. The standard InChI is InChI=1S/C10H11O3/c1-7-6-12-9-4-3-8(11-2)5-10(9)13-7/h3-5,7H,1,6H2,2H3. The molecule has 0 fully saturated rings. The molecular weight excluding hydrogens is 168 g/mol. The maximum absolute atomic E-state index is 5.46. The monoisotopic (exact) mass is 179 g/mol. The molecule has 3 nitrogen and oxygen atoms in total. The molecule has 0 aliphatic carbocycles. The Morgan fingerprint density at radius 2 is 2.31 bits per heavy atom. The molecule has 2 rings (SSSR count). The minimum absolute atomic E-state index is 0.139. The summed E-state index contributed by atoms with van der Waals surface area (Å²) < 4.78 is 15.9. The van der Waals surface area contributed by atoms with Crippen LogP contribution in [0.5, 0.6) is 17.2 Å². The third kappa shape index (κ3) is 1.54. The lowest BCUT2D eigenvalue weighted by Gasteiger charge is -2.23. The molecule has 1 aliphatic heterocycles. The van der Waals surface area contributed by atoms with Gasteiger partial charge < -0.3 is 14.2 Å². The van der Waals surface area contributed by atoms with E-state index in [1.54, 1.807) is 13.2 Å². The number of rotatable bonds is 1. The average molecular weight is 179 g/mol. The van der Waals surface area contributed by atoms with E-state index in [9.17, 15) is 0 Å². The van der Waals surface area contributed by atoms with Crippen LogP contribution in [0.2, 0.25) is 0 Å². The van der Waals surface area contributed by atoms with Gasteiger partial charge in [0.15, 0.2) is 11.5 Å². The van der Waals surface area contributed by atoms with E-state index in [0.717, 1.165) is 11.5 Å². The number of hydrogen-bond acceptors (Lipinski definition) is 3. The minimum atomic E-state index is -0.139. The SMILES string of the molecule is [CH2]C1COc2ccc(OC)cc2O1. The van der Waals surface area contributed by atoms with Crippen molar-refractivity contribution in [3.8, 4) is 17.2 Å². The van der Waals surface area contributed by atoms with E-state index in [0.29, 0.717) is 12.4 Å². The summed E-state index contributed by atoms with van der Waals surface area (Å²) in [5.74, 6) is 2.21. The van der Waals surface area contributed by atoms with Crippen molar-refractivity contribution < 1.29 is 14.2 Å². The minimum Gasteiger partial charge on any atom is -0.497 e. The molecule has 1 aliphatic rings. The van der Waals surface area contributed by atoms with Gasteiger partial charge in [-0.2, -0.15) is 0 Å². The second kappa shape index (κ2) is 3.17. The number of hydrogen-bond donors (Lipinski definition) is 0. The molecule has 1 atom stereocenters. The summed E-state index contributed by atoms with van der Waals surface area (Å²) in [7, 11) is 1.62. The van der Waals surface area contributed by atoms with Crippen molar-refractivity contribution in [2.45, 2.75) is 6.10 Å². The van der Waals surface area contributed by atoms with Crippen LogP contribution in [-0.4, -0.2) is 19.8 Å². The summed E-state index contributed by atoms with van der Waals surface area (Å²) in [4.78, 5) is 0. The van der Waals surface area contributed by atoms with Crippen molar-refractivity contribution in [3.63, 3.8) is 0 Å². The molecule has 0 amide bonds. The predicted molar refractivity (Wildman–Crippen MR) is 48.3 cm³/mol. The normalized spacial score (nSPS) is 19.7. The van der Waals surface area contributed by atoms with Gasteiger partial charge in [-0.1, -0.05) is 0 Å². The molecule has 1 aromatic rings. The molecule has 0 saturated heterocycles. The molecular formula is C10H11O3. The topological polar surface area (TPSA) is 27.7 Å². The summed E-state index contributed by atoms with van der Waals surface area (Å²) in [6, 6.07) is 5.47. The second-order valence-corrected chi connectivity index (χ2v) is 2.86. The van der Waals surface area contributed by atoms with Crippen molar-refractivity contribution >= 4 is 0 Å². The molecule has 0 aromatic heterocycles. The highest BCUT2D eigenvalue weighted by Gasteiger charge is 2.17. The highest BCUT2D eigenvalue weighted by atomic mass is 16.6. The number of benzene rings is 1. The highest BCUT2D eigenvalue weighted by molar-refractivity contribution is 5.46. The second-order valence-electron chi connectivity index (χ2n) is 2.86. The van der Waals surface area contributed by atoms with E-state index in [1.807, 2.05) is 12.1 Å². The van der Waals surface area contributed by atoms with E-state index < -0.39 is 0 Å². The third-order valence-electron chi connectivity index (χ3n) is 1.87. The van der Waals surface area contributed by atoms with Crippen LogP contribution in [0.1, 0.15) is 0 Å². The number of methoxy groups -OCH3 is 1. The molecule has 69 valence electrons. The van der Waals surface area contributed by atoms with Crippen LogP contribution in [0, 0.1) is 6.92 Å². The molecule has 0 saturated carbocycles. The Balaban J connectivity index is 2.32. The van der Waals surface area contributed by atoms with Gasteiger partial charge in [0.05, 0.1) is 7.11 Å². The Bertz CT molecular complexity index is 309. The van der Waals surface area contributed by atoms with Gasteiger partial charge in [-0.05, 0) is 19.1 Å². The van der Waals surface area contributed by atoms with Crippen LogP contribution < -0.4 is 14.2 Å². The zero-order chi connectivity index (χ0) is 9.26. The molecule has 13 heavy (non-hydrogen) atoms. The summed E-state index contributed by atoms with van der Waals surface area (Å²) in [5.41, 5.74) is 0. The Hall–Kier alpha value is -1.38. The van der Waals surface area contributed by atoms with Crippen molar-refractivity contribution in [2.24, 2.45) is 0 Å². The molecule has 1 unspecified atom stereocenters. The van der Waals surface area contributed by atoms with Crippen molar-refractivity contribution in [1.29, 1.82) is 0 Å². The molecule has 0 N–H and O–H groups in total. The third-order valence-corrected chi connectivity index (χ3v) is 1.87. The summed E-state index contributed by atoms with van der Waals surface area (Å²) >= 11 is 0. The Kier molecular flexibility index (Phi) is 2.00. The van der Waals surface area contributed by atoms with Crippen molar-refractivity contribution in [3.05, 3.63) is 25.1 Å². The maximum Gasteiger partial charge on any atom is 0.165 e. The van der Waals surface area contributed by atoms with Crippen LogP contribution in [-0.2, 0) is 0 Å². The Morgan fingerprint density at radius 3 is 3.08 bits per heavy atom. The van der Waals surface area contributed by atoms with Gasteiger partial charge in [-0.15, -0.1) is 0 Å². The lowest BCUT2D eigenvalue weighted by Crippen LogP contribution is -2.25. The fourth-order valence-corrected chi connectivity index (χ4v) is 1.22. The van der Waals surface area contributed by atoms with Gasteiger partial charge in [0.2, 0.25) is 0 Å². The first kappa shape index (κ1) is 8.23. The van der Waals surface area contributed by atoms with Crippen LogP contribution in [0.4, 0.5) is 0 Å². The molecule has 3 heteroatoms. The van der Waals surface area contributed by atoms with Gasteiger partial charge in [0, 0.05) is 6.07 Å². The van der Waals surface area contributed by atoms with Gasteiger partial charge in [0.25, 0.3) is 0 Å². The predicted octanol–water partition coefficient (Wildman–Crippen LogP) is 1.67. The number of ether oxygens (including phenoxy) is 3. The first-order chi connectivity index (χ1) is 6.29. The Morgan fingerprint density at radius 1 is 1.46 bits per heavy atom. The van der Waals surface area contributed by atoms with Crippen molar-refractivity contribution in [1.82, 2.24) is 0 Å².